The van der Waals surface area contributed by atoms with Crippen LogP contribution >= 0.6 is 0 Å². The minimum atomic E-state index is -1.76. The summed E-state index contributed by atoms with van der Waals surface area (Å²) in [5, 5.41) is 89.2. The van der Waals surface area contributed by atoms with Crippen LogP contribution in [0.5, 0.6) is 34.5 Å². The molecule has 1 aromatic heterocycles. The fraction of sp³-hybridized carbons (Fsp3) is 0.286. The van der Waals surface area contributed by atoms with Gasteiger partial charge in [-0.1, -0.05) is 0 Å². The number of benzene rings is 2. The van der Waals surface area contributed by atoms with Crippen LogP contribution in [-0.4, -0.2) is 83.3 Å². The maximum atomic E-state index is 10.3. The summed E-state index contributed by atoms with van der Waals surface area (Å²) < 4.78 is 16.7. The van der Waals surface area contributed by atoms with Gasteiger partial charge in [-0.05, 0) is 0 Å². The van der Waals surface area contributed by atoms with Crippen LogP contribution in [0.3, 0.4) is 0 Å². The third kappa shape index (κ3) is 4.01. The van der Waals surface area contributed by atoms with Gasteiger partial charge in [-0.15, -0.1) is 0 Å². The molecule has 12 heteroatoms. The number of aliphatic hydroxyl groups is 4. The maximum Gasteiger partial charge on any atom is 0.402 e. The molecule has 1 saturated heterocycles. The lowest BCUT2D eigenvalue weighted by atomic mass is 9.99. The van der Waals surface area contributed by atoms with Gasteiger partial charge >= 0.3 is 11.3 Å². The van der Waals surface area contributed by atoms with Crippen molar-refractivity contribution in [1.82, 2.24) is 0 Å². The Kier molecular flexibility index (Phi) is 5.78. The predicted octanol–water partition coefficient (Wildman–Crippen LogP) is 0.0876. The zero-order valence-electron chi connectivity index (χ0n) is 16.7. The third-order valence-corrected chi connectivity index (χ3v) is 5.24. The smallest absolute Gasteiger partial charge is 0.402 e. The SMILES string of the molecule is OC[C@@H]1O[C@H](Oc2cc3c(O)cc(O)cc3[o+]c2-c2cc(O)c(O)c(O)c2)[C@@H](O)[C@H](O)[C@@H]1O. The summed E-state index contributed by atoms with van der Waals surface area (Å²) in [5.74, 6) is -3.32. The lowest BCUT2D eigenvalue weighted by Crippen LogP contribution is -2.60. The van der Waals surface area contributed by atoms with Crippen molar-refractivity contribution in [2.24, 2.45) is 0 Å². The average Bonchev–Trinajstić information content (AvgIpc) is 2.77. The molecule has 0 saturated carbocycles. The van der Waals surface area contributed by atoms with Gasteiger partial charge in [-0.2, -0.15) is 0 Å². The van der Waals surface area contributed by atoms with Crippen molar-refractivity contribution < 1.29 is 59.8 Å². The van der Waals surface area contributed by atoms with Crippen LogP contribution in [0.4, 0.5) is 0 Å². The molecule has 0 unspecified atom stereocenters. The quantitative estimate of drug-likeness (QED) is 0.185. The lowest BCUT2D eigenvalue weighted by Gasteiger charge is -2.39. The Balaban J connectivity index is 1.86. The van der Waals surface area contributed by atoms with Crippen LogP contribution in [0.2, 0.25) is 0 Å². The van der Waals surface area contributed by atoms with Crippen molar-refractivity contribution in [3.05, 3.63) is 30.3 Å². The molecule has 176 valence electrons. The minimum absolute atomic E-state index is 0.0212. The summed E-state index contributed by atoms with van der Waals surface area (Å²) >= 11 is 0. The molecule has 1 fully saturated rings. The minimum Gasteiger partial charge on any atom is -0.507 e. The Morgan fingerprint density at radius 2 is 1.48 bits per heavy atom. The van der Waals surface area contributed by atoms with Gasteiger partial charge in [0.05, 0.1) is 18.2 Å². The van der Waals surface area contributed by atoms with Gasteiger partial charge in [0.2, 0.25) is 12.0 Å². The van der Waals surface area contributed by atoms with Gasteiger partial charge in [-0.25, -0.2) is 4.42 Å². The highest BCUT2D eigenvalue weighted by Gasteiger charge is 2.45. The Morgan fingerprint density at radius 3 is 2.12 bits per heavy atom. The molecule has 33 heavy (non-hydrogen) atoms. The molecule has 1 aliphatic rings. The third-order valence-electron chi connectivity index (χ3n) is 5.24. The second-order valence-electron chi connectivity index (χ2n) is 7.49. The van der Waals surface area contributed by atoms with Gasteiger partial charge in [0, 0.05) is 24.3 Å². The highest BCUT2D eigenvalue weighted by Crippen LogP contribution is 2.44. The van der Waals surface area contributed by atoms with E-state index in [0.29, 0.717) is 0 Å². The van der Waals surface area contributed by atoms with Gasteiger partial charge in [0.15, 0.2) is 17.2 Å². The molecule has 0 spiro atoms. The molecule has 4 rings (SSSR count). The highest BCUT2D eigenvalue weighted by molar-refractivity contribution is 5.88. The molecule has 2 aromatic carbocycles. The molecule has 1 aliphatic heterocycles. The Labute approximate surface area is 185 Å². The number of hydrogen-bond donors (Lipinski definition) is 9. The topological polar surface area (TPSA) is 212 Å². The van der Waals surface area contributed by atoms with Crippen molar-refractivity contribution in [2.75, 3.05) is 6.61 Å². The van der Waals surface area contributed by atoms with Gasteiger partial charge in [-0.3, -0.25) is 0 Å². The zero-order chi connectivity index (χ0) is 24.0. The second kappa shape index (κ2) is 8.42. The summed E-state index contributed by atoms with van der Waals surface area (Å²) in [6.45, 7) is -0.695. The van der Waals surface area contributed by atoms with Crippen LogP contribution < -0.4 is 4.74 Å². The van der Waals surface area contributed by atoms with Gasteiger partial charge < -0.3 is 55.4 Å². The van der Waals surface area contributed by atoms with E-state index in [1.165, 1.54) is 12.1 Å². The van der Waals surface area contributed by atoms with Crippen LogP contribution in [0.25, 0.3) is 22.3 Å². The summed E-state index contributed by atoms with van der Waals surface area (Å²) in [7, 11) is 0. The van der Waals surface area contributed by atoms with E-state index in [2.05, 4.69) is 0 Å². The molecule has 0 aliphatic carbocycles. The van der Waals surface area contributed by atoms with Crippen molar-refractivity contribution in [1.29, 1.82) is 0 Å². The van der Waals surface area contributed by atoms with Gasteiger partial charge in [0.1, 0.15) is 41.3 Å². The van der Waals surface area contributed by atoms with E-state index in [9.17, 15) is 46.0 Å². The number of aliphatic hydroxyl groups excluding tert-OH is 4. The fourth-order valence-corrected chi connectivity index (χ4v) is 3.50. The van der Waals surface area contributed by atoms with E-state index in [-0.39, 0.29) is 33.8 Å². The van der Waals surface area contributed by atoms with E-state index < -0.39 is 60.3 Å². The Morgan fingerprint density at radius 1 is 0.818 bits per heavy atom. The van der Waals surface area contributed by atoms with Crippen molar-refractivity contribution in [3.8, 4) is 45.8 Å². The predicted molar refractivity (Wildman–Crippen MR) is 109 cm³/mol. The first-order chi connectivity index (χ1) is 15.6. The molecular weight excluding hydrogens is 444 g/mol. The molecular formula is C21H21O12+. The number of ether oxygens (including phenoxy) is 2. The number of phenols is 5. The maximum absolute atomic E-state index is 10.3. The van der Waals surface area contributed by atoms with E-state index in [1.54, 1.807) is 0 Å². The normalized spacial score (nSPS) is 25.3. The summed E-state index contributed by atoms with van der Waals surface area (Å²) in [4.78, 5) is 0. The fourth-order valence-electron chi connectivity index (χ4n) is 3.50. The molecule has 0 amide bonds. The number of rotatable bonds is 4. The van der Waals surface area contributed by atoms with Crippen molar-refractivity contribution in [3.63, 3.8) is 0 Å². The molecule has 3 aromatic rings. The van der Waals surface area contributed by atoms with Crippen molar-refractivity contribution >= 4 is 11.0 Å². The number of fused-ring (bicyclic) bond motifs is 1. The lowest BCUT2D eigenvalue weighted by molar-refractivity contribution is -0.277. The first-order valence-electron chi connectivity index (χ1n) is 9.66. The second-order valence-corrected chi connectivity index (χ2v) is 7.49. The van der Waals surface area contributed by atoms with E-state index in [4.69, 9.17) is 13.9 Å². The van der Waals surface area contributed by atoms with E-state index in [0.717, 1.165) is 18.2 Å². The highest BCUT2D eigenvalue weighted by atomic mass is 16.7. The molecule has 0 bridgehead atoms. The molecule has 12 nitrogen and oxygen atoms in total. The molecule has 5 atom stereocenters. The Hall–Kier alpha value is -3.55. The number of aromatic hydroxyl groups is 5. The van der Waals surface area contributed by atoms with Crippen molar-refractivity contribution in [2.45, 2.75) is 30.7 Å². The Bertz CT molecular complexity index is 1170. The largest absolute Gasteiger partial charge is 0.507 e. The standard InChI is InChI=1S/C21H20O12/c22-6-15-17(28)18(29)19(30)21(33-15)32-14-5-9-10(24)3-8(23)4-13(9)31-20(14)7-1-11(25)16(27)12(26)2-7/h1-5,15,17-19,21-22,28-30H,6H2,(H4-,23,24,25,26,27)/p+1/t15-,17+,18+,19-,21-/m0/s1. The number of hydrogen-bond acceptors (Lipinski definition) is 11. The first kappa shape index (κ1) is 22.6. The van der Waals surface area contributed by atoms with E-state index >= 15 is 0 Å². The number of phenolic OH excluding ortho intramolecular Hbond substituents is 5. The van der Waals surface area contributed by atoms with Crippen LogP contribution in [0, 0.1) is 0 Å². The molecule has 9 N–H and O–H groups in total. The van der Waals surface area contributed by atoms with Crippen LogP contribution in [0.15, 0.2) is 34.7 Å². The monoisotopic (exact) mass is 465 g/mol. The summed E-state index contributed by atoms with van der Waals surface area (Å²) in [6, 6.07) is 5.51. The first-order valence-corrected chi connectivity index (χ1v) is 9.66. The molecule has 0 radical (unpaired) electrons. The zero-order valence-corrected chi connectivity index (χ0v) is 16.7. The van der Waals surface area contributed by atoms with Gasteiger partial charge in [0.25, 0.3) is 0 Å². The molecule has 2 heterocycles. The van der Waals surface area contributed by atoms with Crippen LogP contribution in [0.1, 0.15) is 0 Å². The average molecular weight is 465 g/mol. The summed E-state index contributed by atoms with van der Waals surface area (Å²) in [5.41, 5.74) is -0.0529. The van der Waals surface area contributed by atoms with E-state index in [1.807, 2.05) is 0 Å². The summed E-state index contributed by atoms with van der Waals surface area (Å²) in [6.07, 6.45) is -7.99. The van der Waals surface area contributed by atoms with Crippen LogP contribution in [-0.2, 0) is 4.74 Å².